The Morgan fingerprint density at radius 1 is 0.853 bits per heavy atom. The SMILES string of the molecule is CCCOc1ccccc1C1Nc2ccccc2NC2=C1C(=O)CC(c1ccccc1OC)C2. The second kappa shape index (κ2) is 9.64. The van der Waals surface area contributed by atoms with Gasteiger partial charge in [-0.25, -0.2) is 0 Å². The summed E-state index contributed by atoms with van der Waals surface area (Å²) in [5.41, 5.74) is 5.73. The van der Waals surface area contributed by atoms with Crippen LogP contribution in [0.15, 0.2) is 84.1 Å². The van der Waals surface area contributed by atoms with E-state index in [1.807, 2.05) is 60.7 Å². The third kappa shape index (κ3) is 4.14. The number of Topliss-reactive ketones (excluding diaryl/α,β-unsaturated/α-hetero) is 1. The maximum Gasteiger partial charge on any atom is 0.163 e. The van der Waals surface area contributed by atoms with E-state index in [4.69, 9.17) is 9.47 Å². The van der Waals surface area contributed by atoms with Crippen LogP contribution in [0.4, 0.5) is 11.4 Å². The first-order chi connectivity index (χ1) is 16.7. The molecule has 0 saturated carbocycles. The number of hydrogen-bond donors (Lipinski definition) is 2. The highest BCUT2D eigenvalue weighted by atomic mass is 16.5. The van der Waals surface area contributed by atoms with E-state index in [1.165, 1.54) is 0 Å². The van der Waals surface area contributed by atoms with Crippen molar-refractivity contribution in [3.05, 3.63) is 95.2 Å². The molecular weight excluding hydrogens is 424 g/mol. The lowest BCUT2D eigenvalue weighted by atomic mass is 9.78. The molecule has 5 heteroatoms. The van der Waals surface area contributed by atoms with Crippen molar-refractivity contribution in [3.8, 4) is 11.5 Å². The maximum atomic E-state index is 13.8. The van der Waals surface area contributed by atoms with Crippen LogP contribution >= 0.6 is 0 Å². The minimum absolute atomic E-state index is 0.0485. The molecule has 5 nitrogen and oxygen atoms in total. The first-order valence-corrected chi connectivity index (χ1v) is 11.9. The highest BCUT2D eigenvalue weighted by Crippen LogP contribution is 2.46. The topological polar surface area (TPSA) is 59.6 Å². The Morgan fingerprint density at radius 2 is 1.53 bits per heavy atom. The van der Waals surface area contributed by atoms with Crippen molar-refractivity contribution in [3.63, 3.8) is 0 Å². The van der Waals surface area contributed by atoms with Crippen LogP contribution in [0.1, 0.15) is 49.3 Å². The second-order valence-corrected chi connectivity index (χ2v) is 8.80. The molecule has 3 aromatic carbocycles. The smallest absolute Gasteiger partial charge is 0.163 e. The van der Waals surface area contributed by atoms with E-state index in [0.29, 0.717) is 13.0 Å². The summed E-state index contributed by atoms with van der Waals surface area (Å²) in [6.07, 6.45) is 2.09. The third-order valence-electron chi connectivity index (χ3n) is 6.58. The number of methoxy groups -OCH3 is 1. The van der Waals surface area contributed by atoms with E-state index in [0.717, 1.165) is 58.1 Å². The van der Waals surface area contributed by atoms with Gasteiger partial charge in [0.15, 0.2) is 5.78 Å². The Labute approximate surface area is 200 Å². The van der Waals surface area contributed by atoms with Gasteiger partial charge in [0.1, 0.15) is 11.5 Å². The molecule has 3 aromatic rings. The molecule has 1 aliphatic heterocycles. The average molecular weight is 455 g/mol. The van der Waals surface area contributed by atoms with Crippen molar-refractivity contribution in [2.45, 2.75) is 38.1 Å². The minimum atomic E-state index is -0.301. The van der Waals surface area contributed by atoms with Crippen LogP contribution in [-0.4, -0.2) is 19.5 Å². The number of anilines is 2. The lowest BCUT2D eigenvalue weighted by molar-refractivity contribution is -0.116. The van der Waals surface area contributed by atoms with E-state index in [-0.39, 0.29) is 17.7 Å². The quantitative estimate of drug-likeness (QED) is 0.447. The van der Waals surface area contributed by atoms with Gasteiger partial charge in [-0.1, -0.05) is 55.5 Å². The zero-order valence-electron chi connectivity index (χ0n) is 19.6. The largest absolute Gasteiger partial charge is 0.496 e. The number of hydrogen-bond acceptors (Lipinski definition) is 5. The van der Waals surface area contributed by atoms with E-state index >= 15 is 0 Å². The molecule has 1 heterocycles. The first kappa shape index (κ1) is 22.1. The van der Waals surface area contributed by atoms with Gasteiger partial charge in [-0.2, -0.15) is 0 Å². The standard InChI is InChI=1S/C29H30N2O3/c1-3-16-34-27-15-9-5-11-21(27)29-28-24(30-22-12-6-7-13-23(22)31-29)17-19(18-25(28)32)20-10-4-8-14-26(20)33-2/h4-15,19,29-31H,3,16-18H2,1-2H3. The number of rotatable bonds is 6. The highest BCUT2D eigenvalue weighted by molar-refractivity contribution is 6.01. The monoisotopic (exact) mass is 454 g/mol. The Hall–Kier alpha value is -3.73. The number of ether oxygens (including phenoxy) is 2. The number of carbonyl (C=O) groups is 1. The fraction of sp³-hybridized carbons (Fsp3) is 0.276. The predicted molar refractivity (Wildman–Crippen MR) is 136 cm³/mol. The molecule has 0 bridgehead atoms. The molecule has 0 spiro atoms. The second-order valence-electron chi connectivity index (χ2n) is 8.80. The maximum absolute atomic E-state index is 13.8. The summed E-state index contributed by atoms with van der Waals surface area (Å²) in [7, 11) is 1.68. The van der Waals surface area contributed by atoms with E-state index in [1.54, 1.807) is 7.11 Å². The molecule has 2 N–H and O–H groups in total. The Bertz CT molecular complexity index is 1230. The molecule has 0 saturated heterocycles. The molecular formula is C29H30N2O3. The summed E-state index contributed by atoms with van der Waals surface area (Å²) in [6.45, 7) is 2.73. The minimum Gasteiger partial charge on any atom is -0.496 e. The summed E-state index contributed by atoms with van der Waals surface area (Å²) in [5.74, 6) is 1.83. The predicted octanol–water partition coefficient (Wildman–Crippen LogP) is 6.46. The summed E-state index contributed by atoms with van der Waals surface area (Å²) in [4.78, 5) is 13.8. The van der Waals surface area contributed by atoms with Crippen LogP contribution < -0.4 is 20.1 Å². The van der Waals surface area contributed by atoms with Gasteiger partial charge in [-0.3, -0.25) is 4.79 Å². The van der Waals surface area contributed by atoms with Crippen molar-refractivity contribution in [1.82, 2.24) is 0 Å². The van der Waals surface area contributed by atoms with Crippen LogP contribution in [-0.2, 0) is 4.79 Å². The molecule has 2 unspecified atom stereocenters. The van der Waals surface area contributed by atoms with E-state index < -0.39 is 0 Å². The summed E-state index contributed by atoms with van der Waals surface area (Å²) in [6, 6.07) is 23.8. The fourth-order valence-corrected chi connectivity index (χ4v) is 5.01. The molecule has 0 radical (unpaired) electrons. The molecule has 1 aliphatic carbocycles. The third-order valence-corrected chi connectivity index (χ3v) is 6.58. The van der Waals surface area contributed by atoms with E-state index in [9.17, 15) is 4.79 Å². The lowest BCUT2D eigenvalue weighted by Crippen LogP contribution is -2.27. The van der Waals surface area contributed by atoms with Crippen LogP contribution in [0.2, 0.25) is 0 Å². The lowest BCUT2D eigenvalue weighted by Gasteiger charge is -2.31. The van der Waals surface area contributed by atoms with Gasteiger partial charge >= 0.3 is 0 Å². The average Bonchev–Trinajstić information content (AvgIpc) is 3.04. The van der Waals surface area contributed by atoms with Crippen LogP contribution in [0.3, 0.4) is 0 Å². The number of allylic oxidation sites excluding steroid dienone is 1. The van der Waals surface area contributed by atoms with Gasteiger partial charge < -0.3 is 20.1 Å². The van der Waals surface area contributed by atoms with Crippen molar-refractivity contribution in [2.24, 2.45) is 0 Å². The van der Waals surface area contributed by atoms with Crippen LogP contribution in [0.5, 0.6) is 11.5 Å². The first-order valence-electron chi connectivity index (χ1n) is 11.9. The van der Waals surface area contributed by atoms with Gasteiger partial charge in [-0.15, -0.1) is 0 Å². The Balaban J connectivity index is 1.61. The van der Waals surface area contributed by atoms with Gasteiger partial charge in [0.05, 0.1) is 31.1 Å². The zero-order valence-corrected chi connectivity index (χ0v) is 19.6. The number of carbonyl (C=O) groups excluding carboxylic acids is 1. The summed E-state index contributed by atoms with van der Waals surface area (Å²) >= 11 is 0. The molecule has 0 fully saturated rings. The number of para-hydroxylation sites is 4. The molecule has 34 heavy (non-hydrogen) atoms. The van der Waals surface area contributed by atoms with Crippen LogP contribution in [0, 0.1) is 0 Å². The van der Waals surface area contributed by atoms with Crippen molar-refractivity contribution < 1.29 is 14.3 Å². The Kier molecular flexibility index (Phi) is 6.26. The number of nitrogens with one attached hydrogen (secondary N) is 2. The fourth-order valence-electron chi connectivity index (χ4n) is 5.01. The number of ketones is 1. The Morgan fingerprint density at radius 3 is 2.29 bits per heavy atom. The molecule has 2 atom stereocenters. The molecule has 0 aromatic heterocycles. The molecule has 5 rings (SSSR count). The van der Waals surface area contributed by atoms with Crippen molar-refractivity contribution >= 4 is 17.2 Å². The van der Waals surface area contributed by atoms with Gasteiger partial charge in [0, 0.05) is 29.2 Å². The number of fused-ring (bicyclic) bond motifs is 1. The molecule has 0 amide bonds. The van der Waals surface area contributed by atoms with Gasteiger partial charge in [-0.05, 0) is 42.7 Å². The van der Waals surface area contributed by atoms with E-state index in [2.05, 4.69) is 29.7 Å². The van der Waals surface area contributed by atoms with Gasteiger partial charge in [0.2, 0.25) is 0 Å². The normalized spacial score (nSPS) is 19.3. The molecule has 174 valence electrons. The van der Waals surface area contributed by atoms with Crippen molar-refractivity contribution in [2.75, 3.05) is 24.4 Å². The van der Waals surface area contributed by atoms with Crippen molar-refractivity contribution in [1.29, 1.82) is 0 Å². The van der Waals surface area contributed by atoms with Gasteiger partial charge in [0.25, 0.3) is 0 Å². The highest BCUT2D eigenvalue weighted by Gasteiger charge is 2.37. The number of benzene rings is 3. The summed E-state index contributed by atoms with van der Waals surface area (Å²) < 4.78 is 11.7. The van der Waals surface area contributed by atoms with Crippen LogP contribution in [0.25, 0.3) is 0 Å². The summed E-state index contributed by atoms with van der Waals surface area (Å²) in [5, 5.41) is 7.26. The molecule has 2 aliphatic rings. The zero-order chi connectivity index (χ0) is 23.5.